The summed E-state index contributed by atoms with van der Waals surface area (Å²) < 4.78 is 0. The molecule has 20 heavy (non-hydrogen) atoms. The molecule has 1 heterocycles. The molecule has 1 aliphatic carbocycles. The van der Waals surface area contributed by atoms with Crippen LogP contribution in [-0.2, 0) is 4.79 Å². The SMILES string of the molecule is CC[C@]1(C)C(O)=C(C#N)C[C@@]2(C)CN(C(C)=O)CC[C@@H]21. The molecule has 0 aromatic carbocycles. The molecule has 4 heteroatoms. The summed E-state index contributed by atoms with van der Waals surface area (Å²) in [4.78, 5) is 13.5. The molecule has 0 unspecified atom stereocenters. The van der Waals surface area contributed by atoms with Gasteiger partial charge >= 0.3 is 0 Å². The first kappa shape index (κ1) is 14.9. The van der Waals surface area contributed by atoms with E-state index in [0.29, 0.717) is 24.5 Å². The molecule has 2 rings (SSSR count). The number of hydrogen-bond acceptors (Lipinski definition) is 3. The van der Waals surface area contributed by atoms with Crippen LogP contribution < -0.4 is 0 Å². The summed E-state index contributed by atoms with van der Waals surface area (Å²) in [5.41, 5.74) is 0.0333. The van der Waals surface area contributed by atoms with Gasteiger partial charge in [-0.3, -0.25) is 4.79 Å². The molecule has 0 aromatic heterocycles. The van der Waals surface area contributed by atoms with E-state index < -0.39 is 0 Å². The predicted molar refractivity (Wildman–Crippen MR) is 76.8 cm³/mol. The number of carbonyl (C=O) groups excluding carboxylic acids is 1. The highest BCUT2D eigenvalue weighted by molar-refractivity contribution is 5.73. The van der Waals surface area contributed by atoms with Crippen LogP contribution in [0.25, 0.3) is 0 Å². The van der Waals surface area contributed by atoms with Crippen molar-refractivity contribution in [3.63, 3.8) is 0 Å². The molecule has 1 fully saturated rings. The molecule has 1 amide bonds. The highest BCUT2D eigenvalue weighted by Gasteiger charge is 2.54. The molecule has 2 aliphatic rings. The van der Waals surface area contributed by atoms with Gasteiger partial charge in [0.25, 0.3) is 0 Å². The quantitative estimate of drug-likeness (QED) is 0.800. The second-order valence-electron chi connectivity index (χ2n) is 6.82. The number of aliphatic hydroxyl groups excluding tert-OH is 1. The molecule has 0 spiro atoms. The van der Waals surface area contributed by atoms with Crippen molar-refractivity contribution in [3.8, 4) is 6.07 Å². The second-order valence-corrected chi connectivity index (χ2v) is 6.82. The molecule has 0 bridgehead atoms. The third-order valence-electron chi connectivity index (χ3n) is 5.57. The first-order chi connectivity index (χ1) is 9.28. The summed E-state index contributed by atoms with van der Waals surface area (Å²) in [5.74, 6) is 0.689. The van der Waals surface area contributed by atoms with E-state index in [1.807, 2.05) is 4.90 Å². The van der Waals surface area contributed by atoms with Crippen LogP contribution in [-0.4, -0.2) is 29.0 Å². The average molecular weight is 276 g/mol. The number of hydrogen-bond donors (Lipinski definition) is 1. The summed E-state index contributed by atoms with van der Waals surface area (Å²) >= 11 is 0. The van der Waals surface area contributed by atoms with E-state index in [1.54, 1.807) is 6.92 Å². The van der Waals surface area contributed by atoms with Gasteiger partial charge in [-0.2, -0.15) is 5.26 Å². The van der Waals surface area contributed by atoms with Gasteiger partial charge in [0.2, 0.25) is 5.91 Å². The van der Waals surface area contributed by atoms with Gasteiger partial charge in [-0.25, -0.2) is 0 Å². The highest BCUT2D eigenvalue weighted by Crippen LogP contribution is 2.57. The Bertz CT molecular complexity index is 505. The molecule has 0 radical (unpaired) electrons. The Kier molecular flexibility index (Phi) is 3.58. The van der Waals surface area contributed by atoms with Gasteiger partial charge in [-0.15, -0.1) is 0 Å². The molecular formula is C16H24N2O2. The number of carbonyl (C=O) groups is 1. The molecule has 4 nitrogen and oxygen atoms in total. The van der Waals surface area contributed by atoms with Crippen LogP contribution in [0.2, 0.25) is 0 Å². The zero-order valence-electron chi connectivity index (χ0n) is 12.9. The summed E-state index contributed by atoms with van der Waals surface area (Å²) in [6.45, 7) is 9.31. The minimum atomic E-state index is -0.346. The van der Waals surface area contributed by atoms with Crippen LogP contribution in [0.5, 0.6) is 0 Å². The van der Waals surface area contributed by atoms with Crippen molar-refractivity contribution in [2.75, 3.05) is 13.1 Å². The smallest absolute Gasteiger partial charge is 0.219 e. The lowest BCUT2D eigenvalue weighted by Gasteiger charge is -2.55. The first-order valence-electron chi connectivity index (χ1n) is 7.36. The second kappa shape index (κ2) is 4.80. The lowest BCUT2D eigenvalue weighted by molar-refractivity contribution is -0.137. The summed E-state index contributed by atoms with van der Waals surface area (Å²) in [6, 6.07) is 2.17. The number of aliphatic hydroxyl groups is 1. The van der Waals surface area contributed by atoms with E-state index in [2.05, 4.69) is 26.8 Å². The molecule has 110 valence electrons. The lowest BCUT2D eigenvalue weighted by Crippen LogP contribution is -2.56. The van der Waals surface area contributed by atoms with Crippen LogP contribution in [0.3, 0.4) is 0 Å². The number of allylic oxidation sites excluding steroid dienone is 2. The molecule has 1 aliphatic heterocycles. The van der Waals surface area contributed by atoms with E-state index in [4.69, 9.17) is 0 Å². The van der Waals surface area contributed by atoms with Crippen LogP contribution >= 0.6 is 0 Å². The van der Waals surface area contributed by atoms with Crippen LogP contribution in [0, 0.1) is 28.1 Å². The van der Waals surface area contributed by atoms with Gasteiger partial charge in [0.15, 0.2) is 0 Å². The van der Waals surface area contributed by atoms with Crippen molar-refractivity contribution in [2.24, 2.45) is 16.7 Å². The van der Waals surface area contributed by atoms with Gasteiger partial charge in [-0.05, 0) is 30.6 Å². The molecule has 0 aromatic rings. The maximum absolute atomic E-state index is 11.7. The van der Waals surface area contributed by atoms with E-state index in [-0.39, 0.29) is 22.5 Å². The zero-order valence-corrected chi connectivity index (χ0v) is 12.9. The summed E-state index contributed by atoms with van der Waals surface area (Å²) in [5, 5.41) is 19.8. The Morgan fingerprint density at radius 1 is 1.55 bits per heavy atom. The summed E-state index contributed by atoms with van der Waals surface area (Å²) in [7, 11) is 0. The maximum Gasteiger partial charge on any atom is 0.219 e. The number of likely N-dealkylation sites (tertiary alicyclic amines) is 1. The molecule has 0 saturated carbocycles. The molecular weight excluding hydrogens is 252 g/mol. The number of amides is 1. The van der Waals surface area contributed by atoms with Crippen molar-refractivity contribution < 1.29 is 9.90 Å². The van der Waals surface area contributed by atoms with Crippen LogP contribution in [0.15, 0.2) is 11.3 Å². The fourth-order valence-electron chi connectivity index (χ4n) is 4.30. The molecule has 1 N–H and O–H groups in total. The third kappa shape index (κ3) is 2.00. The van der Waals surface area contributed by atoms with Crippen molar-refractivity contribution in [2.45, 2.75) is 47.0 Å². The Labute approximate surface area is 121 Å². The van der Waals surface area contributed by atoms with Crippen molar-refractivity contribution in [1.29, 1.82) is 5.26 Å². The first-order valence-corrected chi connectivity index (χ1v) is 7.36. The Hall–Kier alpha value is -1.50. The third-order valence-corrected chi connectivity index (χ3v) is 5.57. The van der Waals surface area contributed by atoms with E-state index >= 15 is 0 Å². The minimum absolute atomic E-state index is 0.0974. The van der Waals surface area contributed by atoms with Crippen LogP contribution in [0.4, 0.5) is 0 Å². The fourth-order valence-corrected chi connectivity index (χ4v) is 4.30. The van der Waals surface area contributed by atoms with Gasteiger partial charge in [-0.1, -0.05) is 20.8 Å². The fraction of sp³-hybridized carbons (Fsp3) is 0.750. The predicted octanol–water partition coefficient (Wildman–Crippen LogP) is 3.02. The molecule has 1 saturated heterocycles. The topological polar surface area (TPSA) is 64.3 Å². The van der Waals surface area contributed by atoms with Crippen molar-refractivity contribution >= 4 is 5.91 Å². The van der Waals surface area contributed by atoms with Gasteiger partial charge < -0.3 is 10.0 Å². The van der Waals surface area contributed by atoms with E-state index in [9.17, 15) is 15.2 Å². The monoisotopic (exact) mass is 276 g/mol. The maximum atomic E-state index is 11.7. The van der Waals surface area contributed by atoms with E-state index in [0.717, 1.165) is 19.4 Å². The molecule has 3 atom stereocenters. The van der Waals surface area contributed by atoms with E-state index in [1.165, 1.54) is 0 Å². The van der Waals surface area contributed by atoms with Gasteiger partial charge in [0.05, 0.1) is 11.6 Å². The summed E-state index contributed by atoms with van der Waals surface area (Å²) in [6.07, 6.45) is 2.27. The number of fused-ring (bicyclic) bond motifs is 1. The lowest BCUT2D eigenvalue weighted by atomic mass is 9.53. The number of nitriles is 1. The number of rotatable bonds is 1. The number of nitrogens with zero attached hydrogens (tertiary/aromatic N) is 2. The average Bonchev–Trinajstić information content (AvgIpc) is 2.42. The Morgan fingerprint density at radius 3 is 2.70 bits per heavy atom. The highest BCUT2D eigenvalue weighted by atomic mass is 16.3. The standard InChI is InChI=1S/C16H24N2O2/c1-5-16(4)13-6-7-18(11(2)19)10-15(13,3)8-12(9-17)14(16)20/h13,20H,5-8,10H2,1-4H3/t13-,15-,16-/m0/s1. The Morgan fingerprint density at radius 2 is 2.20 bits per heavy atom. The van der Waals surface area contributed by atoms with Gasteiger partial charge in [0, 0.05) is 25.4 Å². The number of piperidine rings is 1. The van der Waals surface area contributed by atoms with Gasteiger partial charge in [0.1, 0.15) is 5.76 Å². The minimum Gasteiger partial charge on any atom is -0.511 e. The van der Waals surface area contributed by atoms with Crippen molar-refractivity contribution in [3.05, 3.63) is 11.3 Å². The Balaban J connectivity index is 2.46. The normalized spacial score (nSPS) is 37.4. The van der Waals surface area contributed by atoms with Crippen LogP contribution in [0.1, 0.15) is 47.0 Å². The zero-order chi connectivity index (χ0) is 15.1. The van der Waals surface area contributed by atoms with Crippen molar-refractivity contribution in [1.82, 2.24) is 4.90 Å². The largest absolute Gasteiger partial charge is 0.511 e.